The summed E-state index contributed by atoms with van der Waals surface area (Å²) in [4.78, 5) is 12.6. The van der Waals surface area contributed by atoms with Crippen molar-refractivity contribution >= 4 is 11.5 Å². The Morgan fingerprint density at radius 1 is 1.28 bits per heavy atom. The van der Waals surface area contributed by atoms with Gasteiger partial charge in [-0.05, 0) is 45.2 Å². The van der Waals surface area contributed by atoms with Crippen molar-refractivity contribution in [3.63, 3.8) is 0 Å². The molecule has 0 amide bonds. The first-order chi connectivity index (χ1) is 11.7. The van der Waals surface area contributed by atoms with Gasteiger partial charge in [0.25, 0.3) is 0 Å². The highest BCUT2D eigenvalue weighted by atomic mass is 19.4. The topological polar surface area (TPSA) is 38.3 Å². The largest absolute Gasteiger partial charge is 0.468 e. The predicted molar refractivity (Wildman–Crippen MR) is 88.8 cm³/mol. The minimum atomic E-state index is -4.22. The van der Waals surface area contributed by atoms with Crippen molar-refractivity contribution in [2.45, 2.75) is 51.4 Å². The summed E-state index contributed by atoms with van der Waals surface area (Å²) in [6.45, 7) is 3.67. The van der Waals surface area contributed by atoms with Crippen molar-refractivity contribution in [2.24, 2.45) is 11.8 Å². The molecule has 0 saturated heterocycles. The van der Waals surface area contributed by atoms with Crippen LogP contribution in [-0.2, 0) is 4.79 Å². The predicted octanol–water partition coefficient (Wildman–Crippen LogP) is 4.68. The fourth-order valence-electron chi connectivity index (χ4n) is 3.59. The second-order valence-electron chi connectivity index (χ2n) is 7.30. The molecule has 1 saturated carbocycles. The lowest BCUT2D eigenvalue weighted by Gasteiger charge is -2.36. The molecule has 1 aromatic carbocycles. The Labute approximate surface area is 145 Å². The number of ketones is 1. The van der Waals surface area contributed by atoms with E-state index in [1.807, 2.05) is 38.1 Å². The number of allylic oxidation sites excluding steroid dienone is 1. The molecule has 1 heterocycles. The van der Waals surface area contributed by atoms with E-state index >= 15 is 0 Å². The summed E-state index contributed by atoms with van der Waals surface area (Å²) in [5.74, 6) is -1.54. The third kappa shape index (κ3) is 3.99. The fraction of sp³-hybridized carbons (Fsp3) is 0.526. The second-order valence-corrected chi connectivity index (χ2v) is 7.30. The Morgan fingerprint density at radius 3 is 2.72 bits per heavy atom. The lowest BCUT2D eigenvalue weighted by atomic mass is 9.78. The van der Waals surface area contributed by atoms with Crippen molar-refractivity contribution in [3.8, 4) is 5.75 Å². The fourth-order valence-corrected chi connectivity index (χ4v) is 3.59. The molecule has 6 heteroatoms. The van der Waals surface area contributed by atoms with Crippen LogP contribution in [-0.4, -0.2) is 17.7 Å². The standard InChI is InChI=1S/C19H22F3NO2/c1-18(2)23-15(14-8-3-4-9-17(14)25-18)11-16(24)12-6-5-7-13(10-12)19(20,21)22/h3-4,8-9,11-13,23H,5-7,10H2,1-2H3/b15-11+. The number of para-hydroxylation sites is 1. The molecule has 1 aliphatic carbocycles. The number of nitrogens with one attached hydrogen (secondary N) is 1. The highest BCUT2D eigenvalue weighted by Gasteiger charge is 2.43. The van der Waals surface area contributed by atoms with Crippen LogP contribution in [0.3, 0.4) is 0 Å². The van der Waals surface area contributed by atoms with Gasteiger partial charge in [0.15, 0.2) is 11.5 Å². The Hall–Kier alpha value is -1.98. The van der Waals surface area contributed by atoms with Gasteiger partial charge in [-0.2, -0.15) is 13.2 Å². The Morgan fingerprint density at radius 2 is 2.00 bits per heavy atom. The van der Waals surface area contributed by atoms with Crippen LogP contribution in [0, 0.1) is 11.8 Å². The molecule has 3 nitrogen and oxygen atoms in total. The number of halogens is 3. The summed E-state index contributed by atoms with van der Waals surface area (Å²) >= 11 is 0. The zero-order chi connectivity index (χ0) is 18.2. The van der Waals surface area contributed by atoms with Gasteiger partial charge in [-0.1, -0.05) is 18.6 Å². The number of fused-ring (bicyclic) bond motifs is 1. The molecule has 1 aliphatic heterocycles. The minimum Gasteiger partial charge on any atom is -0.468 e. The second kappa shape index (κ2) is 6.39. The molecule has 0 spiro atoms. The number of rotatable bonds is 2. The third-order valence-electron chi connectivity index (χ3n) is 4.80. The maximum atomic E-state index is 13.0. The van der Waals surface area contributed by atoms with Gasteiger partial charge in [0.2, 0.25) is 0 Å². The first kappa shape index (κ1) is 17.8. The smallest absolute Gasteiger partial charge is 0.391 e. The van der Waals surface area contributed by atoms with Crippen LogP contribution >= 0.6 is 0 Å². The van der Waals surface area contributed by atoms with Crippen LogP contribution in [0.5, 0.6) is 5.75 Å². The first-order valence-electron chi connectivity index (χ1n) is 8.54. The number of hydrogen-bond acceptors (Lipinski definition) is 3. The maximum Gasteiger partial charge on any atom is 0.391 e. The normalized spacial score (nSPS) is 27.2. The van der Waals surface area contributed by atoms with Gasteiger partial charge in [0, 0.05) is 17.6 Å². The van der Waals surface area contributed by atoms with Crippen molar-refractivity contribution in [1.82, 2.24) is 5.32 Å². The number of benzene rings is 1. The summed E-state index contributed by atoms with van der Waals surface area (Å²) in [5.41, 5.74) is 0.658. The molecule has 2 aliphatic rings. The number of hydrogen-bond donors (Lipinski definition) is 1. The summed E-state index contributed by atoms with van der Waals surface area (Å²) in [7, 11) is 0. The van der Waals surface area contributed by atoms with E-state index in [2.05, 4.69) is 5.32 Å². The van der Waals surface area contributed by atoms with Gasteiger partial charge in [-0.3, -0.25) is 4.79 Å². The highest BCUT2D eigenvalue weighted by molar-refractivity contribution is 5.98. The van der Waals surface area contributed by atoms with Crippen LogP contribution in [0.25, 0.3) is 5.70 Å². The zero-order valence-electron chi connectivity index (χ0n) is 14.3. The highest BCUT2D eigenvalue weighted by Crippen LogP contribution is 2.41. The summed E-state index contributed by atoms with van der Waals surface area (Å²) < 4.78 is 44.8. The molecule has 0 bridgehead atoms. The van der Waals surface area contributed by atoms with Crippen LogP contribution < -0.4 is 10.1 Å². The Bertz CT molecular complexity index is 694. The Balaban J connectivity index is 1.83. The average Bonchev–Trinajstić information content (AvgIpc) is 2.53. The van der Waals surface area contributed by atoms with Crippen LogP contribution in [0.1, 0.15) is 45.1 Å². The van der Waals surface area contributed by atoms with Crippen molar-refractivity contribution in [2.75, 3.05) is 0 Å². The molecule has 136 valence electrons. The van der Waals surface area contributed by atoms with Crippen LogP contribution in [0.4, 0.5) is 13.2 Å². The van der Waals surface area contributed by atoms with E-state index in [-0.39, 0.29) is 18.6 Å². The quantitative estimate of drug-likeness (QED) is 0.785. The van der Waals surface area contributed by atoms with Gasteiger partial charge in [0.1, 0.15) is 5.75 Å². The summed E-state index contributed by atoms with van der Waals surface area (Å²) in [5, 5.41) is 3.16. The monoisotopic (exact) mass is 353 g/mol. The van der Waals surface area contributed by atoms with Gasteiger partial charge < -0.3 is 10.1 Å². The lowest BCUT2D eigenvalue weighted by molar-refractivity contribution is -0.185. The molecule has 1 fully saturated rings. The molecule has 0 radical (unpaired) electrons. The molecule has 1 N–H and O–H groups in total. The van der Waals surface area contributed by atoms with E-state index in [4.69, 9.17) is 4.74 Å². The zero-order valence-corrected chi connectivity index (χ0v) is 14.3. The van der Waals surface area contributed by atoms with E-state index in [0.717, 1.165) is 5.56 Å². The minimum absolute atomic E-state index is 0.117. The number of carbonyl (C=O) groups is 1. The average molecular weight is 353 g/mol. The van der Waals surface area contributed by atoms with Crippen LogP contribution in [0.15, 0.2) is 30.3 Å². The first-order valence-corrected chi connectivity index (χ1v) is 8.54. The number of carbonyl (C=O) groups excluding carboxylic acids is 1. The van der Waals surface area contributed by atoms with Crippen LogP contribution in [0.2, 0.25) is 0 Å². The molecule has 0 aromatic heterocycles. The van der Waals surface area contributed by atoms with Crippen molar-refractivity contribution in [1.29, 1.82) is 0 Å². The van der Waals surface area contributed by atoms with E-state index in [1.54, 1.807) is 0 Å². The van der Waals surface area contributed by atoms with Gasteiger partial charge in [0.05, 0.1) is 11.6 Å². The summed E-state index contributed by atoms with van der Waals surface area (Å²) in [6.07, 6.45) is -1.83. The molecule has 2 atom stereocenters. The van der Waals surface area contributed by atoms with Crippen molar-refractivity contribution < 1.29 is 22.7 Å². The van der Waals surface area contributed by atoms with E-state index < -0.39 is 23.7 Å². The maximum absolute atomic E-state index is 13.0. The van der Waals surface area contributed by atoms with E-state index in [9.17, 15) is 18.0 Å². The number of ether oxygens (including phenoxy) is 1. The molecule has 1 aromatic rings. The SMILES string of the molecule is CC1(C)N/C(=C/C(=O)C2CCCC(C(F)(F)F)C2)c2ccccc2O1. The summed E-state index contributed by atoms with van der Waals surface area (Å²) in [6, 6.07) is 7.32. The Kier molecular flexibility index (Phi) is 4.56. The molecule has 25 heavy (non-hydrogen) atoms. The van der Waals surface area contributed by atoms with Crippen molar-refractivity contribution in [3.05, 3.63) is 35.9 Å². The van der Waals surface area contributed by atoms with E-state index in [1.165, 1.54) is 6.08 Å². The lowest BCUT2D eigenvalue weighted by Crippen LogP contribution is -2.46. The molecular formula is C19H22F3NO2. The molecule has 2 unspecified atom stereocenters. The third-order valence-corrected chi connectivity index (χ3v) is 4.80. The van der Waals surface area contributed by atoms with Gasteiger partial charge >= 0.3 is 6.18 Å². The molecular weight excluding hydrogens is 331 g/mol. The number of alkyl halides is 3. The van der Waals surface area contributed by atoms with Gasteiger partial charge in [-0.15, -0.1) is 0 Å². The molecule has 3 rings (SSSR count). The van der Waals surface area contributed by atoms with E-state index in [0.29, 0.717) is 24.3 Å². The van der Waals surface area contributed by atoms with Gasteiger partial charge in [-0.25, -0.2) is 0 Å².